The molecule has 0 aliphatic heterocycles. The minimum absolute atomic E-state index is 0.00290. The number of hydrogen-bond acceptors (Lipinski definition) is 10. The van der Waals surface area contributed by atoms with Crippen LogP contribution in [0.1, 0.15) is 34.8 Å². The molecule has 0 aromatic heterocycles. The zero-order valence-corrected chi connectivity index (χ0v) is 23.9. The molecule has 0 radical (unpaired) electrons. The number of ketones is 3. The number of aliphatic hydroxyl groups excluding tert-OH is 2. The van der Waals surface area contributed by atoms with Crippen molar-refractivity contribution in [2.75, 3.05) is 33.1 Å². The van der Waals surface area contributed by atoms with Crippen LogP contribution >= 0.6 is 0 Å². The lowest BCUT2D eigenvalue weighted by Gasteiger charge is -2.50. The molecule has 1 saturated carbocycles. The number of amides is 1. The Morgan fingerprint density at radius 3 is 2.17 bits per heavy atom. The van der Waals surface area contributed by atoms with Crippen LogP contribution in [-0.4, -0.2) is 88.4 Å². The quantitative estimate of drug-likeness (QED) is 0.261. The van der Waals surface area contributed by atoms with Gasteiger partial charge in [0.2, 0.25) is 5.78 Å². The highest BCUT2D eigenvalue weighted by molar-refractivity contribution is 6.24. The highest BCUT2D eigenvalue weighted by atomic mass is 16.3. The molecule has 11 heteroatoms. The molecule has 5 rings (SSSR count). The summed E-state index contributed by atoms with van der Waals surface area (Å²) < 4.78 is 0. The van der Waals surface area contributed by atoms with E-state index in [4.69, 9.17) is 5.73 Å². The van der Waals surface area contributed by atoms with E-state index in [1.807, 2.05) is 4.90 Å². The molecule has 0 saturated heterocycles. The molecule has 220 valence electrons. The van der Waals surface area contributed by atoms with Crippen LogP contribution in [0, 0.1) is 11.8 Å². The van der Waals surface area contributed by atoms with Gasteiger partial charge < -0.3 is 31.1 Å². The average molecular weight is 576 g/mol. The molecule has 0 bridgehead atoms. The van der Waals surface area contributed by atoms with Gasteiger partial charge in [-0.05, 0) is 57.0 Å². The molecular formula is C31H33N3O8. The largest absolute Gasteiger partial charge is 0.508 e. The van der Waals surface area contributed by atoms with E-state index in [-0.39, 0.29) is 35.5 Å². The maximum absolute atomic E-state index is 14.1. The third kappa shape index (κ3) is 3.95. The molecule has 1 amide bonds. The Kier molecular flexibility index (Phi) is 6.78. The van der Waals surface area contributed by atoms with Crippen molar-refractivity contribution in [3.8, 4) is 16.9 Å². The Labute approximate surface area is 242 Å². The van der Waals surface area contributed by atoms with Crippen molar-refractivity contribution in [2.45, 2.75) is 31.4 Å². The van der Waals surface area contributed by atoms with Crippen LogP contribution in [0.15, 0.2) is 47.2 Å². The lowest BCUT2D eigenvalue weighted by molar-refractivity contribution is -0.153. The summed E-state index contributed by atoms with van der Waals surface area (Å²) in [6.07, 6.45) is 0.187. The predicted molar refractivity (Wildman–Crippen MR) is 154 cm³/mol. The van der Waals surface area contributed by atoms with Crippen molar-refractivity contribution in [1.82, 2.24) is 4.90 Å². The number of anilines is 1. The summed E-state index contributed by atoms with van der Waals surface area (Å²) in [5, 5.41) is 46.0. The van der Waals surface area contributed by atoms with Gasteiger partial charge >= 0.3 is 0 Å². The van der Waals surface area contributed by atoms with E-state index in [9.17, 15) is 39.6 Å². The molecule has 0 unspecified atom stereocenters. The average Bonchev–Trinajstić information content (AvgIpc) is 2.90. The summed E-state index contributed by atoms with van der Waals surface area (Å²) in [6.45, 7) is 1.44. The molecular weight excluding hydrogens is 542 g/mol. The van der Waals surface area contributed by atoms with Gasteiger partial charge in [-0.3, -0.25) is 24.1 Å². The van der Waals surface area contributed by atoms with Crippen LogP contribution in [0.25, 0.3) is 16.9 Å². The van der Waals surface area contributed by atoms with E-state index in [1.165, 1.54) is 11.8 Å². The Morgan fingerprint density at radius 1 is 1.02 bits per heavy atom. The SMILES string of the molecule is CC(=O)c1ccc(-c2cc(N(C)C)c3c(c2O)C(O)=C2C(=O)[C@]4(O)C(O)=C(C(N)=O)C(=O)[C@@H](N(C)C)[C@H]4C[C@H]2C3)cc1. The van der Waals surface area contributed by atoms with Crippen molar-refractivity contribution in [3.63, 3.8) is 0 Å². The van der Waals surface area contributed by atoms with E-state index in [2.05, 4.69) is 0 Å². The van der Waals surface area contributed by atoms with Crippen LogP contribution in [-0.2, 0) is 20.8 Å². The number of phenols is 1. The first-order chi connectivity index (χ1) is 19.6. The molecule has 2 aromatic rings. The Morgan fingerprint density at radius 2 is 1.64 bits per heavy atom. The topological polar surface area (TPSA) is 182 Å². The summed E-state index contributed by atoms with van der Waals surface area (Å²) in [5.74, 6) is -7.09. The standard InChI is InChI=1S/C31H33N3O8/c1-13(35)14-6-8-15(9-7-14)17-12-20(33(2)3)18-10-16-11-19-24(34(4)5)27(38)23(30(32)41)29(40)31(19,42)28(39)21(16)26(37)22(18)25(17)36/h6-9,12,16,19,24,36-37,40,42H,10-11H2,1-5H3,(H2,32,41)/t16-,19-,24+,31+/m1/s1. The smallest absolute Gasteiger partial charge is 0.255 e. The van der Waals surface area contributed by atoms with Crippen molar-refractivity contribution < 1.29 is 39.6 Å². The van der Waals surface area contributed by atoms with Gasteiger partial charge in [-0.1, -0.05) is 24.3 Å². The fourth-order valence-electron chi connectivity index (χ4n) is 6.80. The number of rotatable bonds is 5. The number of carbonyl (C=O) groups excluding carboxylic acids is 4. The molecule has 0 spiro atoms. The van der Waals surface area contributed by atoms with Gasteiger partial charge in [0.25, 0.3) is 5.91 Å². The Balaban J connectivity index is 1.75. The van der Waals surface area contributed by atoms with Crippen molar-refractivity contribution in [3.05, 3.63) is 63.9 Å². The number of likely N-dealkylation sites (N-methyl/N-ethyl adjacent to an activating group) is 1. The summed E-state index contributed by atoms with van der Waals surface area (Å²) >= 11 is 0. The number of carbonyl (C=O) groups is 4. The van der Waals surface area contributed by atoms with E-state index in [1.54, 1.807) is 58.5 Å². The van der Waals surface area contributed by atoms with Crippen LogP contribution < -0.4 is 10.6 Å². The van der Waals surface area contributed by atoms with E-state index in [0.717, 1.165) is 0 Å². The third-order valence-corrected chi connectivity index (χ3v) is 8.78. The number of primary amides is 1. The number of aromatic hydroxyl groups is 1. The molecule has 3 aliphatic carbocycles. The summed E-state index contributed by atoms with van der Waals surface area (Å²) in [4.78, 5) is 54.6. The zero-order chi connectivity index (χ0) is 31.0. The number of phenolic OH excluding ortho intramolecular Hbond substituents is 1. The summed E-state index contributed by atoms with van der Waals surface area (Å²) in [7, 11) is 6.71. The lowest BCUT2D eigenvalue weighted by atomic mass is 9.57. The minimum atomic E-state index is -2.70. The normalized spacial score (nSPS) is 25.3. The maximum Gasteiger partial charge on any atom is 0.255 e. The molecule has 0 heterocycles. The summed E-state index contributed by atoms with van der Waals surface area (Å²) in [6, 6.07) is 7.19. The molecule has 6 N–H and O–H groups in total. The Hall–Kier alpha value is -4.48. The van der Waals surface area contributed by atoms with Gasteiger partial charge in [-0.2, -0.15) is 0 Å². The zero-order valence-electron chi connectivity index (χ0n) is 23.9. The number of nitrogens with zero attached hydrogens (tertiary/aromatic N) is 2. The highest BCUT2D eigenvalue weighted by Crippen LogP contribution is 2.54. The lowest BCUT2D eigenvalue weighted by Crippen LogP contribution is -2.65. The third-order valence-electron chi connectivity index (χ3n) is 8.78. The number of hydrogen-bond donors (Lipinski definition) is 5. The first kappa shape index (κ1) is 29.0. The van der Waals surface area contributed by atoms with E-state index >= 15 is 0 Å². The second-order valence-electron chi connectivity index (χ2n) is 11.6. The fourth-order valence-corrected chi connectivity index (χ4v) is 6.80. The molecule has 1 fully saturated rings. The van der Waals surface area contributed by atoms with Gasteiger partial charge in [0, 0.05) is 42.4 Å². The molecule has 2 aromatic carbocycles. The number of Topliss-reactive ketones (excluding diaryl/α,β-unsaturated/α-hetero) is 3. The molecule has 11 nitrogen and oxygen atoms in total. The number of aliphatic hydroxyl groups is 3. The second kappa shape index (κ2) is 9.81. The molecule has 3 aliphatic rings. The highest BCUT2D eigenvalue weighted by Gasteiger charge is 2.64. The fraction of sp³-hybridized carbons (Fsp3) is 0.355. The van der Waals surface area contributed by atoms with Gasteiger partial charge in [-0.15, -0.1) is 0 Å². The first-order valence-corrected chi connectivity index (χ1v) is 13.4. The van der Waals surface area contributed by atoms with Gasteiger partial charge in [0.15, 0.2) is 17.2 Å². The van der Waals surface area contributed by atoms with Crippen molar-refractivity contribution >= 4 is 34.7 Å². The van der Waals surface area contributed by atoms with E-state index < -0.39 is 58.0 Å². The van der Waals surface area contributed by atoms with Gasteiger partial charge in [0.1, 0.15) is 22.8 Å². The number of benzene rings is 2. The first-order valence-electron chi connectivity index (χ1n) is 13.4. The predicted octanol–water partition coefficient (Wildman–Crippen LogP) is 1.90. The monoisotopic (exact) mass is 575 g/mol. The van der Waals surface area contributed by atoms with Crippen molar-refractivity contribution in [2.24, 2.45) is 17.6 Å². The Bertz CT molecular complexity index is 1640. The van der Waals surface area contributed by atoms with Gasteiger partial charge in [0.05, 0.1) is 11.6 Å². The van der Waals surface area contributed by atoms with Gasteiger partial charge in [-0.25, -0.2) is 0 Å². The number of fused-ring (bicyclic) bond motifs is 3. The van der Waals surface area contributed by atoms with Crippen LogP contribution in [0.5, 0.6) is 5.75 Å². The summed E-state index contributed by atoms with van der Waals surface area (Å²) in [5.41, 5.74) is 4.22. The second-order valence-corrected chi connectivity index (χ2v) is 11.6. The minimum Gasteiger partial charge on any atom is -0.508 e. The van der Waals surface area contributed by atoms with Crippen molar-refractivity contribution in [1.29, 1.82) is 0 Å². The molecule has 42 heavy (non-hydrogen) atoms. The van der Waals surface area contributed by atoms with Crippen LogP contribution in [0.3, 0.4) is 0 Å². The van der Waals surface area contributed by atoms with Crippen LogP contribution in [0.2, 0.25) is 0 Å². The van der Waals surface area contributed by atoms with Crippen LogP contribution in [0.4, 0.5) is 5.69 Å². The maximum atomic E-state index is 14.1. The number of nitrogens with two attached hydrogens (primary N) is 1. The van der Waals surface area contributed by atoms with E-state index in [0.29, 0.717) is 27.9 Å². The molecule has 4 atom stereocenters.